The molecule has 0 unspecified atom stereocenters. The lowest BCUT2D eigenvalue weighted by Crippen LogP contribution is -1.90. The molecule has 2 aromatic heterocycles. The van der Waals surface area contributed by atoms with Gasteiger partial charge < -0.3 is 0 Å². The van der Waals surface area contributed by atoms with Gasteiger partial charge in [-0.05, 0) is 62.7 Å². The first kappa shape index (κ1) is 12.0. The molecule has 0 fully saturated rings. The normalized spacial score (nSPS) is 10.4. The van der Waals surface area contributed by atoms with Gasteiger partial charge in [0.15, 0.2) is 0 Å². The van der Waals surface area contributed by atoms with Crippen LogP contribution in [0.25, 0.3) is 0 Å². The highest BCUT2D eigenvalue weighted by molar-refractivity contribution is 9.10. The zero-order chi connectivity index (χ0) is 11.5. The number of nitrogens with zero attached hydrogens (tertiary/aromatic N) is 3. The van der Waals surface area contributed by atoms with E-state index in [0.29, 0.717) is 0 Å². The van der Waals surface area contributed by atoms with Crippen LogP contribution in [-0.2, 0) is 0 Å². The van der Waals surface area contributed by atoms with Crippen LogP contribution in [0.1, 0.15) is 5.82 Å². The van der Waals surface area contributed by atoms with Crippen LogP contribution < -0.4 is 0 Å². The summed E-state index contributed by atoms with van der Waals surface area (Å²) in [6, 6.07) is 5.78. The molecule has 6 heteroatoms. The summed E-state index contributed by atoms with van der Waals surface area (Å²) in [5.74, 6) is 0.744. The fourth-order valence-corrected chi connectivity index (χ4v) is 2.75. The van der Waals surface area contributed by atoms with Crippen molar-refractivity contribution in [3.05, 3.63) is 39.3 Å². The van der Waals surface area contributed by atoms with Gasteiger partial charge in [0.25, 0.3) is 0 Å². The standard InChI is InChI=1S/C10H7Br2N3S/c1-6-14-8(12)4-10(15-6)16-9-3-2-7(11)5-13-9/h2-5H,1H3. The van der Waals surface area contributed by atoms with E-state index in [0.717, 1.165) is 25.0 Å². The van der Waals surface area contributed by atoms with Crippen LogP contribution in [0.15, 0.2) is 43.5 Å². The van der Waals surface area contributed by atoms with E-state index in [2.05, 4.69) is 46.8 Å². The topological polar surface area (TPSA) is 38.7 Å². The summed E-state index contributed by atoms with van der Waals surface area (Å²) in [5.41, 5.74) is 0. The molecule has 0 bridgehead atoms. The van der Waals surface area contributed by atoms with Gasteiger partial charge in [-0.25, -0.2) is 15.0 Å². The lowest BCUT2D eigenvalue weighted by Gasteiger charge is -2.01. The molecule has 0 saturated carbocycles. The molecule has 0 amide bonds. The zero-order valence-corrected chi connectivity index (χ0v) is 12.3. The van der Waals surface area contributed by atoms with E-state index in [9.17, 15) is 0 Å². The summed E-state index contributed by atoms with van der Waals surface area (Å²) in [6.07, 6.45) is 1.77. The van der Waals surface area contributed by atoms with Crippen LogP contribution in [0.5, 0.6) is 0 Å². The first-order chi connectivity index (χ1) is 7.63. The monoisotopic (exact) mass is 359 g/mol. The second kappa shape index (κ2) is 5.25. The number of hydrogen-bond donors (Lipinski definition) is 0. The Morgan fingerprint density at radius 3 is 2.56 bits per heavy atom. The molecule has 16 heavy (non-hydrogen) atoms. The molecule has 82 valence electrons. The zero-order valence-electron chi connectivity index (χ0n) is 8.32. The first-order valence-electron chi connectivity index (χ1n) is 4.44. The predicted molar refractivity (Wildman–Crippen MR) is 70.5 cm³/mol. The van der Waals surface area contributed by atoms with Gasteiger partial charge in [0, 0.05) is 16.7 Å². The average Bonchev–Trinajstić information content (AvgIpc) is 2.20. The molecule has 0 aliphatic heterocycles. The Morgan fingerprint density at radius 2 is 1.94 bits per heavy atom. The van der Waals surface area contributed by atoms with Gasteiger partial charge in [-0.15, -0.1) is 0 Å². The number of aryl methyl sites for hydroxylation is 1. The molecule has 2 aromatic rings. The van der Waals surface area contributed by atoms with E-state index in [-0.39, 0.29) is 0 Å². The predicted octanol–water partition coefficient (Wildman–Crippen LogP) is 3.86. The maximum Gasteiger partial charge on any atom is 0.127 e. The Hall–Kier alpha value is -0.460. The van der Waals surface area contributed by atoms with Crippen LogP contribution in [0, 0.1) is 6.92 Å². The van der Waals surface area contributed by atoms with E-state index in [1.54, 1.807) is 6.20 Å². The number of hydrogen-bond acceptors (Lipinski definition) is 4. The molecule has 2 rings (SSSR count). The summed E-state index contributed by atoms with van der Waals surface area (Å²) < 4.78 is 1.76. The minimum Gasteiger partial charge on any atom is -0.248 e. The lowest BCUT2D eigenvalue weighted by molar-refractivity contribution is 0.948. The molecule has 0 aliphatic rings. The Balaban J connectivity index is 2.23. The molecular weight excluding hydrogens is 354 g/mol. The lowest BCUT2D eigenvalue weighted by atomic mass is 10.5. The van der Waals surface area contributed by atoms with Gasteiger partial charge in [0.1, 0.15) is 20.5 Å². The fraction of sp³-hybridized carbons (Fsp3) is 0.100. The van der Waals surface area contributed by atoms with Crippen molar-refractivity contribution in [3.8, 4) is 0 Å². The van der Waals surface area contributed by atoms with Crippen molar-refractivity contribution >= 4 is 43.6 Å². The third kappa shape index (κ3) is 3.26. The summed E-state index contributed by atoms with van der Waals surface area (Å²) in [6.45, 7) is 1.86. The maximum absolute atomic E-state index is 4.32. The fourth-order valence-electron chi connectivity index (χ4n) is 1.09. The molecule has 0 spiro atoms. The van der Waals surface area contributed by atoms with Crippen molar-refractivity contribution < 1.29 is 0 Å². The minimum atomic E-state index is 0.744. The molecule has 0 saturated heterocycles. The van der Waals surface area contributed by atoms with E-state index in [1.807, 2.05) is 25.1 Å². The third-order valence-corrected chi connectivity index (χ3v) is 3.44. The molecule has 3 nitrogen and oxygen atoms in total. The second-order valence-corrected chi connectivity index (χ2v) is 5.76. The van der Waals surface area contributed by atoms with Crippen LogP contribution in [0.4, 0.5) is 0 Å². The smallest absolute Gasteiger partial charge is 0.127 e. The van der Waals surface area contributed by atoms with Gasteiger partial charge >= 0.3 is 0 Å². The van der Waals surface area contributed by atoms with Crippen molar-refractivity contribution in [1.29, 1.82) is 0 Å². The van der Waals surface area contributed by atoms with Crippen LogP contribution in [0.3, 0.4) is 0 Å². The van der Waals surface area contributed by atoms with E-state index in [4.69, 9.17) is 0 Å². The number of pyridine rings is 1. The van der Waals surface area contributed by atoms with Crippen LogP contribution >= 0.6 is 43.6 Å². The van der Waals surface area contributed by atoms with Gasteiger partial charge in [-0.1, -0.05) is 0 Å². The second-order valence-electron chi connectivity index (χ2n) is 2.99. The minimum absolute atomic E-state index is 0.744. The Kier molecular flexibility index (Phi) is 3.94. The van der Waals surface area contributed by atoms with Gasteiger partial charge in [0.05, 0.1) is 0 Å². The first-order valence-corrected chi connectivity index (χ1v) is 6.84. The van der Waals surface area contributed by atoms with Gasteiger partial charge in [-0.3, -0.25) is 0 Å². The summed E-state index contributed by atoms with van der Waals surface area (Å²) in [7, 11) is 0. The molecule has 0 atom stereocenters. The maximum atomic E-state index is 4.32. The summed E-state index contributed by atoms with van der Waals surface area (Å²) >= 11 is 8.21. The van der Waals surface area contributed by atoms with Crippen LogP contribution in [-0.4, -0.2) is 15.0 Å². The summed E-state index contributed by atoms with van der Waals surface area (Å²) in [5, 5.41) is 1.79. The van der Waals surface area contributed by atoms with Gasteiger partial charge in [0.2, 0.25) is 0 Å². The molecule has 0 N–H and O–H groups in total. The van der Waals surface area contributed by atoms with Crippen molar-refractivity contribution in [3.63, 3.8) is 0 Å². The molecule has 0 radical (unpaired) electrons. The van der Waals surface area contributed by atoms with E-state index < -0.39 is 0 Å². The Morgan fingerprint density at radius 1 is 1.12 bits per heavy atom. The molecule has 0 aliphatic carbocycles. The third-order valence-electron chi connectivity index (χ3n) is 1.69. The highest BCUT2D eigenvalue weighted by Crippen LogP contribution is 2.26. The molecular formula is C10H7Br2N3S. The number of halogens is 2. The van der Waals surface area contributed by atoms with Crippen molar-refractivity contribution in [2.24, 2.45) is 0 Å². The van der Waals surface area contributed by atoms with Crippen LogP contribution in [0.2, 0.25) is 0 Å². The van der Waals surface area contributed by atoms with Crippen molar-refractivity contribution in [1.82, 2.24) is 15.0 Å². The molecule has 2 heterocycles. The Bertz CT molecular complexity index is 482. The van der Waals surface area contributed by atoms with Crippen molar-refractivity contribution in [2.45, 2.75) is 17.0 Å². The van der Waals surface area contributed by atoms with E-state index in [1.165, 1.54) is 11.8 Å². The largest absolute Gasteiger partial charge is 0.248 e. The Labute approximate surface area is 114 Å². The van der Waals surface area contributed by atoms with Crippen molar-refractivity contribution in [2.75, 3.05) is 0 Å². The number of aromatic nitrogens is 3. The average molecular weight is 361 g/mol. The highest BCUT2D eigenvalue weighted by atomic mass is 79.9. The highest BCUT2D eigenvalue weighted by Gasteiger charge is 2.03. The molecule has 0 aromatic carbocycles. The summed E-state index contributed by atoms with van der Waals surface area (Å²) in [4.78, 5) is 12.7. The number of rotatable bonds is 2. The quantitative estimate of drug-likeness (QED) is 0.762. The van der Waals surface area contributed by atoms with E-state index >= 15 is 0 Å². The van der Waals surface area contributed by atoms with Gasteiger partial charge in [-0.2, -0.15) is 0 Å². The SMILES string of the molecule is Cc1nc(Br)cc(Sc2ccc(Br)cn2)n1.